The molecule has 1 saturated heterocycles. The number of alkyl halides is 3. The second kappa shape index (κ2) is 5.16. The monoisotopic (exact) mass is 224 g/mol. The van der Waals surface area contributed by atoms with E-state index in [0.29, 0.717) is 13.1 Å². The Hall–Kier alpha value is -0.290. The quantitative estimate of drug-likeness (QED) is 0.777. The van der Waals surface area contributed by atoms with Gasteiger partial charge < -0.3 is 5.73 Å². The van der Waals surface area contributed by atoms with Crippen molar-refractivity contribution in [3.63, 3.8) is 0 Å². The molecule has 0 radical (unpaired) electrons. The first-order chi connectivity index (χ1) is 6.94. The van der Waals surface area contributed by atoms with Crippen LogP contribution in [0, 0.1) is 5.92 Å². The van der Waals surface area contributed by atoms with Crippen molar-refractivity contribution in [1.82, 2.24) is 4.90 Å². The molecule has 90 valence electrons. The third-order valence-electron chi connectivity index (χ3n) is 3.21. The van der Waals surface area contributed by atoms with E-state index in [0.717, 1.165) is 19.3 Å². The average Bonchev–Trinajstić information content (AvgIpc) is 2.28. The van der Waals surface area contributed by atoms with Gasteiger partial charge in [0.2, 0.25) is 0 Å². The molecule has 0 aromatic heterocycles. The number of halogens is 3. The van der Waals surface area contributed by atoms with Crippen LogP contribution in [0.5, 0.6) is 0 Å². The van der Waals surface area contributed by atoms with E-state index < -0.39 is 12.7 Å². The Morgan fingerprint density at radius 1 is 1.33 bits per heavy atom. The van der Waals surface area contributed by atoms with Crippen molar-refractivity contribution in [2.75, 3.05) is 19.6 Å². The van der Waals surface area contributed by atoms with Crippen LogP contribution in [0.15, 0.2) is 0 Å². The largest absolute Gasteiger partial charge is 0.401 e. The van der Waals surface area contributed by atoms with Gasteiger partial charge >= 0.3 is 6.18 Å². The molecule has 1 rings (SSSR count). The lowest BCUT2D eigenvalue weighted by molar-refractivity contribution is -0.151. The fourth-order valence-corrected chi connectivity index (χ4v) is 2.23. The van der Waals surface area contributed by atoms with Gasteiger partial charge in [-0.05, 0) is 38.8 Å². The lowest BCUT2D eigenvalue weighted by Gasteiger charge is -2.32. The van der Waals surface area contributed by atoms with Gasteiger partial charge in [-0.2, -0.15) is 13.2 Å². The van der Waals surface area contributed by atoms with Crippen LogP contribution in [-0.4, -0.2) is 36.8 Å². The standard InChI is InChI=1S/C10H19F3N2/c1-8-9(6-14)4-2-3-5-15(8)7-10(11,12)13/h8-9H,2-7,14H2,1H3/t8-,9-/m1/s1. The lowest BCUT2D eigenvalue weighted by atomic mass is 9.96. The van der Waals surface area contributed by atoms with Crippen LogP contribution in [-0.2, 0) is 0 Å². The Balaban J connectivity index is 2.60. The van der Waals surface area contributed by atoms with Crippen molar-refractivity contribution >= 4 is 0 Å². The van der Waals surface area contributed by atoms with Gasteiger partial charge in [-0.25, -0.2) is 0 Å². The van der Waals surface area contributed by atoms with E-state index in [1.54, 1.807) is 0 Å². The van der Waals surface area contributed by atoms with Gasteiger partial charge in [-0.15, -0.1) is 0 Å². The van der Waals surface area contributed by atoms with Gasteiger partial charge in [0.1, 0.15) is 0 Å². The molecule has 0 spiro atoms. The van der Waals surface area contributed by atoms with Crippen molar-refractivity contribution in [3.05, 3.63) is 0 Å². The van der Waals surface area contributed by atoms with E-state index in [1.807, 2.05) is 6.92 Å². The van der Waals surface area contributed by atoms with Gasteiger partial charge in [-0.3, -0.25) is 4.90 Å². The minimum Gasteiger partial charge on any atom is -0.330 e. The van der Waals surface area contributed by atoms with E-state index in [2.05, 4.69) is 0 Å². The van der Waals surface area contributed by atoms with Crippen LogP contribution >= 0.6 is 0 Å². The summed E-state index contributed by atoms with van der Waals surface area (Å²) in [6.45, 7) is 2.08. The van der Waals surface area contributed by atoms with Gasteiger partial charge in [0.25, 0.3) is 0 Å². The molecule has 15 heavy (non-hydrogen) atoms. The zero-order valence-electron chi connectivity index (χ0n) is 9.06. The van der Waals surface area contributed by atoms with Crippen molar-refractivity contribution in [3.8, 4) is 0 Å². The number of hydrogen-bond acceptors (Lipinski definition) is 2. The highest BCUT2D eigenvalue weighted by Crippen LogP contribution is 2.25. The molecule has 2 N–H and O–H groups in total. The molecule has 0 aromatic carbocycles. The minimum absolute atomic E-state index is 0.0564. The molecule has 5 heteroatoms. The summed E-state index contributed by atoms with van der Waals surface area (Å²) in [7, 11) is 0. The fourth-order valence-electron chi connectivity index (χ4n) is 2.23. The molecule has 1 heterocycles. The third-order valence-corrected chi connectivity index (χ3v) is 3.21. The molecule has 0 unspecified atom stereocenters. The van der Waals surface area contributed by atoms with E-state index in [4.69, 9.17) is 5.73 Å². The van der Waals surface area contributed by atoms with E-state index in [-0.39, 0.29) is 12.0 Å². The second-order valence-corrected chi connectivity index (χ2v) is 4.32. The van der Waals surface area contributed by atoms with Gasteiger partial charge in [0.15, 0.2) is 0 Å². The second-order valence-electron chi connectivity index (χ2n) is 4.32. The third kappa shape index (κ3) is 3.99. The summed E-state index contributed by atoms with van der Waals surface area (Å²) in [6.07, 6.45) is -1.32. The molecular weight excluding hydrogens is 205 g/mol. The number of hydrogen-bond donors (Lipinski definition) is 1. The first-order valence-electron chi connectivity index (χ1n) is 5.45. The summed E-state index contributed by atoms with van der Waals surface area (Å²) in [5.74, 6) is 0.204. The average molecular weight is 224 g/mol. The number of nitrogens with two attached hydrogens (primary N) is 1. The van der Waals surface area contributed by atoms with Crippen LogP contribution in [0.2, 0.25) is 0 Å². The molecule has 1 aliphatic rings. The van der Waals surface area contributed by atoms with E-state index in [1.165, 1.54) is 4.90 Å². The maximum absolute atomic E-state index is 12.3. The summed E-state index contributed by atoms with van der Waals surface area (Å²) in [6, 6.07) is -0.0564. The molecule has 0 amide bonds. The summed E-state index contributed by atoms with van der Waals surface area (Å²) >= 11 is 0. The lowest BCUT2D eigenvalue weighted by Crippen LogP contribution is -2.44. The van der Waals surface area contributed by atoms with Crippen LogP contribution in [0.25, 0.3) is 0 Å². The Morgan fingerprint density at radius 3 is 2.53 bits per heavy atom. The summed E-state index contributed by atoms with van der Waals surface area (Å²) in [5, 5.41) is 0. The normalized spacial score (nSPS) is 30.2. The molecule has 1 aliphatic heterocycles. The summed E-state index contributed by atoms with van der Waals surface area (Å²) < 4.78 is 36.9. The molecule has 0 aromatic rings. The van der Waals surface area contributed by atoms with Crippen molar-refractivity contribution in [2.45, 2.75) is 38.4 Å². The highest BCUT2D eigenvalue weighted by Gasteiger charge is 2.35. The van der Waals surface area contributed by atoms with Gasteiger partial charge in [0, 0.05) is 6.04 Å². The maximum atomic E-state index is 12.3. The van der Waals surface area contributed by atoms with Crippen molar-refractivity contribution in [1.29, 1.82) is 0 Å². The van der Waals surface area contributed by atoms with Crippen LogP contribution < -0.4 is 5.73 Å². The molecule has 0 bridgehead atoms. The first-order valence-corrected chi connectivity index (χ1v) is 5.45. The van der Waals surface area contributed by atoms with Crippen LogP contribution in [0.1, 0.15) is 26.2 Å². The molecule has 0 saturated carbocycles. The van der Waals surface area contributed by atoms with E-state index in [9.17, 15) is 13.2 Å². The van der Waals surface area contributed by atoms with E-state index >= 15 is 0 Å². The Morgan fingerprint density at radius 2 is 2.00 bits per heavy atom. The molecule has 2 nitrogen and oxygen atoms in total. The first kappa shape index (κ1) is 12.8. The SMILES string of the molecule is C[C@@H]1[C@@H](CN)CCCCN1CC(F)(F)F. The molecule has 1 fully saturated rings. The number of nitrogens with zero attached hydrogens (tertiary/aromatic N) is 1. The van der Waals surface area contributed by atoms with Crippen molar-refractivity contribution in [2.24, 2.45) is 11.7 Å². The van der Waals surface area contributed by atoms with Crippen molar-refractivity contribution < 1.29 is 13.2 Å². The Labute approximate surface area is 88.6 Å². The zero-order chi connectivity index (χ0) is 11.5. The molecular formula is C10H19F3N2. The van der Waals surface area contributed by atoms with Crippen LogP contribution in [0.4, 0.5) is 13.2 Å². The summed E-state index contributed by atoms with van der Waals surface area (Å²) in [4.78, 5) is 1.52. The predicted octanol–water partition coefficient (Wildman–Crippen LogP) is 2.00. The molecule has 0 aliphatic carbocycles. The number of rotatable bonds is 2. The highest BCUT2D eigenvalue weighted by atomic mass is 19.4. The topological polar surface area (TPSA) is 29.3 Å². The number of likely N-dealkylation sites (tertiary alicyclic amines) is 1. The fraction of sp³-hybridized carbons (Fsp3) is 1.00. The smallest absolute Gasteiger partial charge is 0.330 e. The maximum Gasteiger partial charge on any atom is 0.401 e. The summed E-state index contributed by atoms with van der Waals surface area (Å²) in [5.41, 5.74) is 5.58. The zero-order valence-corrected chi connectivity index (χ0v) is 9.06. The van der Waals surface area contributed by atoms with Crippen LogP contribution in [0.3, 0.4) is 0 Å². The highest BCUT2D eigenvalue weighted by molar-refractivity contribution is 4.81. The van der Waals surface area contributed by atoms with Gasteiger partial charge in [-0.1, -0.05) is 6.42 Å². The Kier molecular flexibility index (Phi) is 4.40. The van der Waals surface area contributed by atoms with Gasteiger partial charge in [0.05, 0.1) is 6.54 Å². The minimum atomic E-state index is -4.10. The molecule has 2 atom stereocenters. The predicted molar refractivity (Wildman–Crippen MR) is 53.5 cm³/mol. The Bertz CT molecular complexity index is 194.